The monoisotopic (exact) mass is 527 g/mol. The normalized spacial score (nSPS) is 17.4. The van der Waals surface area contributed by atoms with Crippen molar-refractivity contribution in [2.24, 2.45) is 0 Å². The second-order valence-corrected chi connectivity index (χ2v) is 9.83. The molecule has 0 aliphatic carbocycles. The Kier molecular flexibility index (Phi) is 6.24. The summed E-state index contributed by atoms with van der Waals surface area (Å²) in [5.41, 5.74) is 0.385. The summed E-state index contributed by atoms with van der Waals surface area (Å²) >= 11 is 0. The maximum Gasteiger partial charge on any atom is 0.264 e. The predicted molar refractivity (Wildman–Crippen MR) is 127 cm³/mol. The molecule has 10 nitrogen and oxygen atoms in total. The Labute approximate surface area is 210 Å². The van der Waals surface area contributed by atoms with Crippen LogP contribution in [0.2, 0.25) is 0 Å². The number of pyridine rings is 1. The quantitative estimate of drug-likeness (QED) is 0.379. The Morgan fingerprint density at radius 2 is 2.03 bits per heavy atom. The molecule has 190 valence electrons. The lowest BCUT2D eigenvalue weighted by Crippen LogP contribution is -2.26. The van der Waals surface area contributed by atoms with Crippen LogP contribution in [0.5, 0.6) is 5.88 Å². The van der Waals surface area contributed by atoms with Gasteiger partial charge >= 0.3 is 0 Å². The molecule has 0 radical (unpaired) electrons. The molecule has 1 aliphatic rings. The van der Waals surface area contributed by atoms with E-state index in [4.69, 9.17) is 9.47 Å². The van der Waals surface area contributed by atoms with E-state index in [1.165, 1.54) is 30.1 Å². The fourth-order valence-electron chi connectivity index (χ4n) is 3.67. The van der Waals surface area contributed by atoms with Crippen molar-refractivity contribution >= 4 is 21.4 Å². The van der Waals surface area contributed by atoms with Crippen molar-refractivity contribution in [3.63, 3.8) is 0 Å². The molecule has 4 heterocycles. The van der Waals surface area contributed by atoms with Crippen LogP contribution in [-0.4, -0.2) is 59.0 Å². The van der Waals surface area contributed by atoms with Gasteiger partial charge in [-0.15, -0.1) is 0 Å². The molecule has 0 bridgehead atoms. The molecule has 0 amide bonds. The number of benzene rings is 1. The van der Waals surface area contributed by atoms with E-state index in [-0.39, 0.29) is 18.2 Å². The van der Waals surface area contributed by atoms with Gasteiger partial charge in [0.05, 0.1) is 32.2 Å². The molecule has 0 spiro atoms. The van der Waals surface area contributed by atoms with Gasteiger partial charge in [-0.25, -0.2) is 31.7 Å². The van der Waals surface area contributed by atoms with Crippen LogP contribution in [0.3, 0.4) is 0 Å². The highest BCUT2D eigenvalue weighted by Crippen LogP contribution is 2.30. The Morgan fingerprint density at radius 1 is 1.19 bits per heavy atom. The van der Waals surface area contributed by atoms with E-state index in [0.717, 1.165) is 12.1 Å². The number of rotatable bonds is 5. The number of imidazole rings is 1. The number of sulfonamides is 1. The summed E-state index contributed by atoms with van der Waals surface area (Å²) in [6, 6.07) is 6.89. The van der Waals surface area contributed by atoms with Gasteiger partial charge in [-0.3, -0.25) is 4.72 Å². The van der Waals surface area contributed by atoms with Crippen LogP contribution in [0, 0.1) is 23.5 Å². The molecule has 1 unspecified atom stereocenters. The minimum atomic E-state index is -4.45. The predicted octanol–water partition coefficient (Wildman–Crippen LogP) is 2.38. The molecular weight excluding hydrogens is 508 g/mol. The van der Waals surface area contributed by atoms with Crippen LogP contribution in [-0.2, 0) is 14.8 Å². The number of hydrogen-bond acceptors (Lipinski definition) is 8. The van der Waals surface area contributed by atoms with Gasteiger partial charge in [0, 0.05) is 24.2 Å². The van der Waals surface area contributed by atoms with Crippen LogP contribution in [0.1, 0.15) is 12.1 Å². The molecule has 3 aromatic heterocycles. The number of nitrogens with one attached hydrogen (secondary N) is 1. The van der Waals surface area contributed by atoms with Gasteiger partial charge < -0.3 is 14.6 Å². The first kappa shape index (κ1) is 24.6. The van der Waals surface area contributed by atoms with E-state index in [1.54, 1.807) is 12.1 Å². The molecule has 1 atom stereocenters. The summed E-state index contributed by atoms with van der Waals surface area (Å²) in [4.78, 5) is 7.65. The third kappa shape index (κ3) is 4.94. The van der Waals surface area contributed by atoms with Crippen LogP contribution in [0.25, 0.3) is 16.9 Å². The first-order chi connectivity index (χ1) is 17.7. The second kappa shape index (κ2) is 9.40. The number of nitrogens with zero attached hydrogens (tertiary/aromatic N) is 4. The molecule has 0 saturated carbocycles. The largest absolute Gasteiger partial charge is 0.480 e. The number of aromatic nitrogens is 4. The average Bonchev–Trinajstić information content (AvgIpc) is 3.48. The smallest absolute Gasteiger partial charge is 0.264 e. The van der Waals surface area contributed by atoms with Gasteiger partial charge in [-0.05, 0) is 36.3 Å². The molecule has 1 fully saturated rings. The lowest BCUT2D eigenvalue weighted by Gasteiger charge is -2.13. The summed E-state index contributed by atoms with van der Waals surface area (Å²) in [6.07, 6.45) is 3.33. The summed E-state index contributed by atoms with van der Waals surface area (Å²) in [6.45, 7) is 0.540. The standard InChI is InChI=1S/C24H19F2N5O5S/c1-35-23-20(30-37(33,34)21-4-2-16(25)11-18(21)26)10-15(12-28-23)19-3-5-22-27-13-17(31(22)29-19)6-7-24(32)8-9-36-14-24/h2-5,10-13,30,32H,8-9,14H2,1H3. The molecule has 5 rings (SSSR count). The fourth-order valence-corrected chi connectivity index (χ4v) is 4.78. The molecule has 13 heteroatoms. The number of ether oxygens (including phenoxy) is 2. The topological polar surface area (TPSA) is 128 Å². The average molecular weight is 528 g/mol. The fraction of sp³-hybridized carbons (Fsp3) is 0.208. The van der Waals surface area contributed by atoms with E-state index >= 15 is 0 Å². The van der Waals surface area contributed by atoms with Gasteiger partial charge in [0.2, 0.25) is 5.88 Å². The van der Waals surface area contributed by atoms with E-state index in [2.05, 4.69) is 31.6 Å². The molecule has 1 aliphatic heterocycles. The Bertz CT molecular complexity index is 1670. The zero-order valence-corrected chi connectivity index (χ0v) is 20.1. The maximum absolute atomic E-state index is 14.2. The molecule has 1 aromatic carbocycles. The SMILES string of the molecule is COc1ncc(-c2ccc3ncc(C#CC4(O)CCOC4)n3n2)cc1NS(=O)(=O)c1ccc(F)cc1F. The van der Waals surface area contributed by atoms with Crippen molar-refractivity contribution in [3.05, 3.63) is 66.1 Å². The van der Waals surface area contributed by atoms with Crippen molar-refractivity contribution in [2.75, 3.05) is 25.0 Å². The van der Waals surface area contributed by atoms with Gasteiger partial charge in [0.1, 0.15) is 27.9 Å². The van der Waals surface area contributed by atoms with Gasteiger partial charge in [0.15, 0.2) is 11.2 Å². The number of hydrogen-bond donors (Lipinski definition) is 2. The molecule has 1 saturated heterocycles. The summed E-state index contributed by atoms with van der Waals surface area (Å²) in [7, 11) is -3.15. The zero-order chi connectivity index (χ0) is 26.2. The molecule has 2 N–H and O–H groups in total. The minimum Gasteiger partial charge on any atom is -0.480 e. The zero-order valence-electron chi connectivity index (χ0n) is 19.3. The number of methoxy groups -OCH3 is 1. The van der Waals surface area contributed by atoms with E-state index in [0.29, 0.717) is 41.7 Å². The second-order valence-electron chi connectivity index (χ2n) is 8.18. The van der Waals surface area contributed by atoms with Crippen molar-refractivity contribution in [1.29, 1.82) is 0 Å². The van der Waals surface area contributed by atoms with Crippen molar-refractivity contribution < 1.29 is 31.8 Å². The Balaban J connectivity index is 1.51. The van der Waals surface area contributed by atoms with Gasteiger partial charge in [0.25, 0.3) is 10.0 Å². The van der Waals surface area contributed by atoms with Crippen molar-refractivity contribution in [3.8, 4) is 29.0 Å². The third-order valence-corrected chi connectivity index (χ3v) is 6.95. The Morgan fingerprint density at radius 3 is 2.76 bits per heavy atom. The summed E-state index contributed by atoms with van der Waals surface area (Å²) in [5, 5.41) is 14.9. The van der Waals surface area contributed by atoms with Crippen molar-refractivity contribution in [1.82, 2.24) is 19.6 Å². The van der Waals surface area contributed by atoms with Crippen LogP contribution >= 0.6 is 0 Å². The Hall–Kier alpha value is -4.12. The summed E-state index contributed by atoms with van der Waals surface area (Å²) < 4.78 is 67.1. The van der Waals surface area contributed by atoms with E-state index in [9.17, 15) is 22.3 Å². The first-order valence-electron chi connectivity index (χ1n) is 10.9. The number of aliphatic hydroxyl groups is 1. The van der Waals surface area contributed by atoms with E-state index < -0.39 is 32.2 Å². The number of anilines is 1. The highest BCUT2D eigenvalue weighted by molar-refractivity contribution is 7.92. The molecule has 4 aromatic rings. The number of fused-ring (bicyclic) bond motifs is 1. The lowest BCUT2D eigenvalue weighted by atomic mass is 10.1. The van der Waals surface area contributed by atoms with Gasteiger partial charge in [-0.2, -0.15) is 5.10 Å². The van der Waals surface area contributed by atoms with Crippen molar-refractivity contribution in [2.45, 2.75) is 16.9 Å². The highest BCUT2D eigenvalue weighted by Gasteiger charge is 2.30. The third-order valence-electron chi connectivity index (χ3n) is 5.55. The molecular formula is C24H19F2N5O5S. The number of halogens is 2. The van der Waals surface area contributed by atoms with Gasteiger partial charge in [-0.1, -0.05) is 5.92 Å². The van der Waals surface area contributed by atoms with Crippen LogP contribution in [0.4, 0.5) is 14.5 Å². The summed E-state index contributed by atoms with van der Waals surface area (Å²) in [5.74, 6) is 3.46. The first-order valence-corrected chi connectivity index (χ1v) is 12.4. The van der Waals surface area contributed by atoms with Crippen LogP contribution in [0.15, 0.2) is 53.7 Å². The molecule has 37 heavy (non-hydrogen) atoms. The van der Waals surface area contributed by atoms with Crippen LogP contribution < -0.4 is 9.46 Å². The minimum absolute atomic E-state index is 0.0721. The maximum atomic E-state index is 14.2. The highest BCUT2D eigenvalue weighted by atomic mass is 32.2. The lowest BCUT2D eigenvalue weighted by molar-refractivity contribution is 0.0765. The van der Waals surface area contributed by atoms with E-state index in [1.807, 2.05) is 0 Å².